The Morgan fingerprint density at radius 3 is 2.59 bits per heavy atom. The second kappa shape index (κ2) is 7.87. The van der Waals surface area contributed by atoms with Gasteiger partial charge in [-0.3, -0.25) is 14.3 Å². The van der Waals surface area contributed by atoms with Crippen LogP contribution < -0.4 is 0 Å². The highest BCUT2D eigenvalue weighted by Gasteiger charge is 2.21. The van der Waals surface area contributed by atoms with E-state index >= 15 is 0 Å². The molecule has 8 heteroatoms. The van der Waals surface area contributed by atoms with Gasteiger partial charge in [0.05, 0.1) is 5.75 Å². The standard InChI is InChI=1S/C19H18FN5OS/c20-15-5-7-16(8-6-15)25-18(14-4-3-9-21-12-14)22-23-19(25)27-13-17(26)24-10-1-2-11-24/h3-9,12H,1-2,10-11,13H2. The maximum absolute atomic E-state index is 13.4. The van der Waals surface area contributed by atoms with E-state index in [1.807, 2.05) is 21.6 Å². The van der Waals surface area contributed by atoms with Crippen LogP contribution in [0.15, 0.2) is 53.9 Å². The predicted molar refractivity (Wildman–Crippen MR) is 101 cm³/mol. The molecule has 0 saturated carbocycles. The molecule has 1 saturated heterocycles. The molecule has 0 N–H and O–H groups in total. The van der Waals surface area contributed by atoms with Crippen molar-refractivity contribution in [3.05, 3.63) is 54.6 Å². The summed E-state index contributed by atoms with van der Waals surface area (Å²) in [6, 6.07) is 9.85. The summed E-state index contributed by atoms with van der Waals surface area (Å²) in [5, 5.41) is 9.16. The molecule has 1 aliphatic heterocycles. The highest BCUT2D eigenvalue weighted by atomic mass is 32.2. The number of halogens is 1. The van der Waals surface area contributed by atoms with Crippen LogP contribution in [-0.4, -0.2) is 49.4 Å². The first-order valence-electron chi connectivity index (χ1n) is 8.75. The summed E-state index contributed by atoms with van der Waals surface area (Å²) in [5.41, 5.74) is 1.53. The van der Waals surface area contributed by atoms with E-state index < -0.39 is 0 Å². The number of hydrogen-bond acceptors (Lipinski definition) is 5. The van der Waals surface area contributed by atoms with Gasteiger partial charge in [-0.15, -0.1) is 10.2 Å². The molecule has 0 spiro atoms. The van der Waals surface area contributed by atoms with E-state index in [9.17, 15) is 9.18 Å². The summed E-state index contributed by atoms with van der Waals surface area (Å²) in [5.74, 6) is 0.694. The zero-order valence-electron chi connectivity index (χ0n) is 14.6. The van der Waals surface area contributed by atoms with E-state index in [-0.39, 0.29) is 11.7 Å². The maximum Gasteiger partial charge on any atom is 0.233 e. The van der Waals surface area contributed by atoms with Gasteiger partial charge >= 0.3 is 0 Å². The lowest BCUT2D eigenvalue weighted by atomic mass is 10.2. The highest BCUT2D eigenvalue weighted by Crippen LogP contribution is 2.28. The third kappa shape index (κ3) is 3.85. The normalized spacial score (nSPS) is 13.9. The van der Waals surface area contributed by atoms with Crippen molar-refractivity contribution in [1.29, 1.82) is 0 Å². The predicted octanol–water partition coefficient (Wildman–Crippen LogP) is 3.18. The highest BCUT2D eigenvalue weighted by molar-refractivity contribution is 7.99. The molecule has 0 aliphatic carbocycles. The van der Waals surface area contributed by atoms with Gasteiger partial charge in [0, 0.05) is 36.7 Å². The number of nitrogens with zero attached hydrogens (tertiary/aromatic N) is 5. The summed E-state index contributed by atoms with van der Waals surface area (Å²) >= 11 is 1.34. The molecule has 27 heavy (non-hydrogen) atoms. The fourth-order valence-electron chi connectivity index (χ4n) is 3.05. The van der Waals surface area contributed by atoms with Crippen molar-refractivity contribution in [3.8, 4) is 17.1 Å². The van der Waals surface area contributed by atoms with Gasteiger partial charge in [-0.2, -0.15) is 0 Å². The Morgan fingerprint density at radius 1 is 1.11 bits per heavy atom. The SMILES string of the molecule is O=C(CSc1nnc(-c2cccnc2)n1-c1ccc(F)cc1)N1CCCC1. The smallest absolute Gasteiger partial charge is 0.233 e. The van der Waals surface area contributed by atoms with Gasteiger partial charge in [0.2, 0.25) is 5.91 Å². The van der Waals surface area contributed by atoms with Crippen LogP contribution in [0.25, 0.3) is 17.1 Å². The Hall–Kier alpha value is -2.74. The molecule has 0 atom stereocenters. The summed E-state index contributed by atoms with van der Waals surface area (Å²) in [6.45, 7) is 1.65. The van der Waals surface area contributed by atoms with Crippen molar-refractivity contribution < 1.29 is 9.18 Å². The number of rotatable bonds is 5. The summed E-state index contributed by atoms with van der Waals surface area (Å²) < 4.78 is 15.2. The molecular weight excluding hydrogens is 365 g/mol. The number of carbonyl (C=O) groups is 1. The molecule has 138 valence electrons. The van der Waals surface area contributed by atoms with Crippen LogP contribution in [0.4, 0.5) is 4.39 Å². The van der Waals surface area contributed by atoms with E-state index in [1.54, 1.807) is 24.5 Å². The van der Waals surface area contributed by atoms with Crippen LogP contribution in [0, 0.1) is 5.82 Å². The van der Waals surface area contributed by atoms with Crippen molar-refractivity contribution in [1.82, 2.24) is 24.6 Å². The second-order valence-electron chi connectivity index (χ2n) is 6.24. The van der Waals surface area contributed by atoms with Crippen LogP contribution in [0.2, 0.25) is 0 Å². The zero-order valence-corrected chi connectivity index (χ0v) is 15.4. The molecule has 1 amide bonds. The van der Waals surface area contributed by atoms with Crippen LogP contribution in [0.5, 0.6) is 0 Å². The average Bonchev–Trinajstić information content (AvgIpc) is 3.38. The van der Waals surface area contributed by atoms with Gasteiger partial charge < -0.3 is 4.90 Å². The zero-order chi connectivity index (χ0) is 18.6. The van der Waals surface area contributed by atoms with Crippen LogP contribution in [-0.2, 0) is 4.79 Å². The molecule has 1 aromatic carbocycles. The largest absolute Gasteiger partial charge is 0.342 e. The third-order valence-corrected chi connectivity index (χ3v) is 5.34. The summed E-state index contributed by atoms with van der Waals surface area (Å²) in [6.07, 6.45) is 5.51. The van der Waals surface area contributed by atoms with E-state index in [2.05, 4.69) is 15.2 Å². The number of thioether (sulfide) groups is 1. The molecule has 1 fully saturated rings. The van der Waals surface area contributed by atoms with Crippen molar-refractivity contribution in [2.75, 3.05) is 18.8 Å². The van der Waals surface area contributed by atoms with E-state index in [4.69, 9.17) is 0 Å². The first-order chi connectivity index (χ1) is 13.2. The molecular formula is C19H18FN5OS. The van der Waals surface area contributed by atoms with Crippen LogP contribution in [0.1, 0.15) is 12.8 Å². The second-order valence-corrected chi connectivity index (χ2v) is 7.18. The number of benzene rings is 1. The fourth-order valence-corrected chi connectivity index (χ4v) is 3.91. The molecule has 3 aromatic rings. The monoisotopic (exact) mass is 383 g/mol. The minimum Gasteiger partial charge on any atom is -0.342 e. The number of hydrogen-bond donors (Lipinski definition) is 0. The summed E-state index contributed by atoms with van der Waals surface area (Å²) in [4.78, 5) is 18.4. The van der Waals surface area contributed by atoms with Crippen molar-refractivity contribution >= 4 is 17.7 Å². The topological polar surface area (TPSA) is 63.9 Å². The molecule has 4 rings (SSSR count). The number of aromatic nitrogens is 4. The Bertz CT molecular complexity index is 923. The van der Waals surface area contributed by atoms with Gasteiger partial charge in [0.25, 0.3) is 0 Å². The average molecular weight is 383 g/mol. The maximum atomic E-state index is 13.4. The Kier molecular flexibility index (Phi) is 5.15. The van der Waals surface area contributed by atoms with Gasteiger partial charge in [-0.1, -0.05) is 11.8 Å². The molecule has 0 radical (unpaired) electrons. The van der Waals surface area contributed by atoms with Crippen molar-refractivity contribution in [2.24, 2.45) is 0 Å². The van der Waals surface area contributed by atoms with Gasteiger partial charge in [0.1, 0.15) is 5.82 Å². The number of amides is 1. The van der Waals surface area contributed by atoms with E-state index in [0.717, 1.165) is 37.2 Å². The quantitative estimate of drug-likeness (QED) is 0.633. The van der Waals surface area contributed by atoms with E-state index in [0.29, 0.717) is 16.7 Å². The Balaban J connectivity index is 1.65. The number of likely N-dealkylation sites (tertiary alicyclic amines) is 1. The van der Waals surface area contributed by atoms with Gasteiger partial charge in [-0.25, -0.2) is 4.39 Å². The first kappa shape index (κ1) is 17.7. The first-order valence-corrected chi connectivity index (χ1v) is 9.73. The van der Waals surface area contributed by atoms with Gasteiger partial charge in [0.15, 0.2) is 11.0 Å². The number of pyridine rings is 1. The molecule has 0 unspecified atom stereocenters. The molecule has 0 bridgehead atoms. The van der Waals surface area contributed by atoms with E-state index in [1.165, 1.54) is 23.9 Å². The molecule has 6 nitrogen and oxygen atoms in total. The Labute approximate surface area is 160 Å². The Morgan fingerprint density at radius 2 is 1.89 bits per heavy atom. The van der Waals surface area contributed by atoms with Crippen molar-refractivity contribution in [3.63, 3.8) is 0 Å². The lowest BCUT2D eigenvalue weighted by Gasteiger charge is -2.15. The minimum atomic E-state index is -0.312. The van der Waals surface area contributed by atoms with Crippen LogP contribution in [0.3, 0.4) is 0 Å². The molecule has 3 heterocycles. The lowest BCUT2D eigenvalue weighted by molar-refractivity contribution is -0.127. The van der Waals surface area contributed by atoms with Crippen LogP contribution >= 0.6 is 11.8 Å². The number of carbonyl (C=O) groups excluding carboxylic acids is 1. The van der Waals surface area contributed by atoms with Gasteiger partial charge in [-0.05, 0) is 49.2 Å². The summed E-state index contributed by atoms with van der Waals surface area (Å²) in [7, 11) is 0. The lowest BCUT2D eigenvalue weighted by Crippen LogP contribution is -2.29. The minimum absolute atomic E-state index is 0.106. The molecule has 2 aromatic heterocycles. The molecule has 1 aliphatic rings. The fraction of sp³-hybridized carbons (Fsp3) is 0.263. The van der Waals surface area contributed by atoms with Crippen molar-refractivity contribution in [2.45, 2.75) is 18.0 Å². The third-order valence-electron chi connectivity index (χ3n) is 4.42.